The summed E-state index contributed by atoms with van der Waals surface area (Å²) in [5.41, 5.74) is 1.03. The number of hydrogen-bond acceptors (Lipinski definition) is 2. The average molecular weight is 179 g/mol. The van der Waals surface area contributed by atoms with Crippen molar-refractivity contribution in [2.45, 2.75) is 25.8 Å². The molecule has 1 heterocycles. The maximum Gasteiger partial charge on any atom is 0.142 e. The number of aromatic nitrogens is 1. The summed E-state index contributed by atoms with van der Waals surface area (Å²) in [6, 6.07) is 3.68. The lowest BCUT2D eigenvalue weighted by atomic mass is 10.2. The fraction of sp³-hybridized carbons (Fsp3) is 0.400. The van der Waals surface area contributed by atoms with Crippen LogP contribution in [0.1, 0.15) is 25.1 Å². The van der Waals surface area contributed by atoms with Crippen molar-refractivity contribution in [2.24, 2.45) is 0 Å². The van der Waals surface area contributed by atoms with E-state index in [1.165, 1.54) is 0 Å². The first-order valence-electron chi connectivity index (χ1n) is 4.34. The van der Waals surface area contributed by atoms with Gasteiger partial charge in [-0.15, -0.1) is 0 Å². The van der Waals surface area contributed by atoms with Gasteiger partial charge in [0.2, 0.25) is 0 Å². The van der Waals surface area contributed by atoms with Crippen LogP contribution in [0.4, 0.5) is 0 Å². The van der Waals surface area contributed by atoms with E-state index in [1.54, 1.807) is 0 Å². The van der Waals surface area contributed by atoms with Crippen molar-refractivity contribution in [3.63, 3.8) is 0 Å². The third-order valence-electron chi connectivity index (χ3n) is 2.02. The molecule has 0 bridgehead atoms. The number of carbonyl (C=O) groups is 2. The molecule has 70 valence electrons. The first-order valence-corrected chi connectivity index (χ1v) is 4.34. The number of rotatable bonds is 5. The first-order chi connectivity index (χ1) is 6.29. The number of aldehydes is 2. The van der Waals surface area contributed by atoms with Gasteiger partial charge in [-0.2, -0.15) is 0 Å². The van der Waals surface area contributed by atoms with Crippen molar-refractivity contribution in [3.05, 3.63) is 24.0 Å². The van der Waals surface area contributed by atoms with Gasteiger partial charge < -0.3 is 14.2 Å². The Labute approximate surface area is 77.4 Å². The van der Waals surface area contributed by atoms with E-state index < -0.39 is 0 Å². The molecule has 1 rings (SSSR count). The quantitative estimate of drug-likeness (QED) is 0.640. The molecule has 1 unspecified atom stereocenters. The molecular weight excluding hydrogens is 166 g/mol. The lowest BCUT2D eigenvalue weighted by Gasteiger charge is -2.10. The normalized spacial score (nSPS) is 12.4. The highest BCUT2D eigenvalue weighted by Crippen LogP contribution is 2.10. The van der Waals surface area contributed by atoms with Crippen molar-refractivity contribution in [1.29, 1.82) is 0 Å². The van der Waals surface area contributed by atoms with E-state index in [2.05, 4.69) is 0 Å². The number of carbonyl (C=O) groups excluding carboxylic acids is 2. The van der Waals surface area contributed by atoms with Crippen LogP contribution in [0.25, 0.3) is 0 Å². The summed E-state index contributed by atoms with van der Waals surface area (Å²) < 4.78 is 1.89. The molecule has 0 aromatic carbocycles. The second kappa shape index (κ2) is 4.60. The molecule has 0 aliphatic rings. The van der Waals surface area contributed by atoms with E-state index in [9.17, 15) is 9.59 Å². The predicted octanol–water partition coefficient (Wildman–Crippen LogP) is 1.38. The lowest BCUT2D eigenvalue weighted by Crippen LogP contribution is -2.08. The zero-order chi connectivity index (χ0) is 9.68. The van der Waals surface area contributed by atoms with Crippen molar-refractivity contribution < 1.29 is 9.59 Å². The highest BCUT2D eigenvalue weighted by molar-refractivity contribution is 5.55. The fourth-order valence-electron chi connectivity index (χ4n) is 1.31. The molecule has 0 saturated carbocycles. The van der Waals surface area contributed by atoms with Crippen molar-refractivity contribution >= 4 is 12.6 Å². The summed E-state index contributed by atoms with van der Waals surface area (Å²) in [7, 11) is 0. The zero-order valence-electron chi connectivity index (χ0n) is 7.64. The molecule has 3 nitrogen and oxygen atoms in total. The number of aryl methyl sites for hydroxylation is 1. The second-order valence-corrected chi connectivity index (χ2v) is 2.99. The van der Waals surface area contributed by atoms with Gasteiger partial charge in [0.1, 0.15) is 12.6 Å². The number of hydrogen-bond donors (Lipinski definition) is 0. The van der Waals surface area contributed by atoms with Crippen LogP contribution in [-0.4, -0.2) is 17.1 Å². The van der Waals surface area contributed by atoms with E-state index >= 15 is 0 Å². The minimum absolute atomic E-state index is 0.142. The molecule has 0 N–H and O–H groups in total. The highest BCUT2D eigenvalue weighted by Gasteiger charge is 2.06. The molecule has 1 aromatic heterocycles. The standard InChI is InChI=1S/C10H13NO2/c1-9(8-13)11-6-2-4-10(11)5-3-7-12/h2,4,6-9H,3,5H2,1H3. The first kappa shape index (κ1) is 9.71. The molecule has 0 amide bonds. The molecule has 0 spiro atoms. The predicted molar refractivity (Wildman–Crippen MR) is 49.6 cm³/mol. The van der Waals surface area contributed by atoms with Gasteiger partial charge in [-0.1, -0.05) is 0 Å². The Bertz CT molecular complexity index is 291. The maximum absolute atomic E-state index is 10.5. The van der Waals surface area contributed by atoms with Crippen LogP contribution in [0.15, 0.2) is 18.3 Å². The third kappa shape index (κ3) is 2.28. The Morgan fingerprint density at radius 3 is 2.92 bits per heavy atom. The van der Waals surface area contributed by atoms with Crippen LogP contribution >= 0.6 is 0 Å². The van der Waals surface area contributed by atoms with Gasteiger partial charge in [-0.3, -0.25) is 0 Å². The Morgan fingerprint density at radius 1 is 1.54 bits per heavy atom. The molecule has 0 saturated heterocycles. The van der Waals surface area contributed by atoms with E-state index in [1.807, 2.05) is 29.8 Å². The van der Waals surface area contributed by atoms with E-state index in [4.69, 9.17) is 0 Å². The summed E-state index contributed by atoms with van der Waals surface area (Å²) in [6.07, 6.45) is 4.86. The van der Waals surface area contributed by atoms with E-state index in [0.29, 0.717) is 12.8 Å². The summed E-state index contributed by atoms with van der Waals surface area (Å²) in [4.78, 5) is 20.7. The Balaban J connectivity index is 2.75. The Kier molecular flexibility index (Phi) is 3.43. The van der Waals surface area contributed by atoms with Crippen molar-refractivity contribution in [3.8, 4) is 0 Å². The molecule has 3 heteroatoms. The molecule has 0 aliphatic heterocycles. The molecular formula is C10H13NO2. The number of nitrogens with zero attached hydrogens (tertiary/aromatic N) is 1. The van der Waals surface area contributed by atoms with E-state index in [0.717, 1.165) is 18.3 Å². The lowest BCUT2D eigenvalue weighted by molar-refractivity contribution is -0.110. The van der Waals surface area contributed by atoms with E-state index in [-0.39, 0.29) is 6.04 Å². The van der Waals surface area contributed by atoms with Crippen LogP contribution in [-0.2, 0) is 16.0 Å². The maximum atomic E-state index is 10.5. The SMILES string of the molecule is CC(C=O)n1cccc1CCC=O. The fourth-order valence-corrected chi connectivity index (χ4v) is 1.31. The van der Waals surface area contributed by atoms with Crippen LogP contribution in [0.3, 0.4) is 0 Å². The molecule has 1 aromatic rings. The molecule has 13 heavy (non-hydrogen) atoms. The van der Waals surface area contributed by atoms with Crippen LogP contribution in [0.5, 0.6) is 0 Å². The highest BCUT2D eigenvalue weighted by atomic mass is 16.1. The van der Waals surface area contributed by atoms with Gasteiger partial charge in [0.25, 0.3) is 0 Å². The van der Waals surface area contributed by atoms with Crippen LogP contribution < -0.4 is 0 Å². The van der Waals surface area contributed by atoms with Crippen LogP contribution in [0.2, 0.25) is 0 Å². The topological polar surface area (TPSA) is 39.1 Å². The van der Waals surface area contributed by atoms with Crippen molar-refractivity contribution in [1.82, 2.24) is 4.57 Å². The van der Waals surface area contributed by atoms with Gasteiger partial charge in [-0.25, -0.2) is 0 Å². The summed E-state index contributed by atoms with van der Waals surface area (Å²) in [6.45, 7) is 1.83. The third-order valence-corrected chi connectivity index (χ3v) is 2.02. The monoisotopic (exact) mass is 179 g/mol. The molecule has 0 aliphatic carbocycles. The van der Waals surface area contributed by atoms with Gasteiger partial charge in [0.05, 0.1) is 6.04 Å². The largest absolute Gasteiger partial charge is 0.342 e. The van der Waals surface area contributed by atoms with Gasteiger partial charge >= 0.3 is 0 Å². The Hall–Kier alpha value is -1.38. The molecule has 0 fully saturated rings. The minimum Gasteiger partial charge on any atom is -0.342 e. The van der Waals surface area contributed by atoms with Gasteiger partial charge in [0.15, 0.2) is 0 Å². The average Bonchev–Trinajstić information content (AvgIpc) is 2.61. The summed E-state index contributed by atoms with van der Waals surface area (Å²) in [5.74, 6) is 0. The smallest absolute Gasteiger partial charge is 0.142 e. The summed E-state index contributed by atoms with van der Waals surface area (Å²) in [5, 5.41) is 0. The zero-order valence-corrected chi connectivity index (χ0v) is 7.64. The molecule has 1 atom stereocenters. The second-order valence-electron chi connectivity index (χ2n) is 2.99. The van der Waals surface area contributed by atoms with Crippen LogP contribution in [0, 0.1) is 0 Å². The van der Waals surface area contributed by atoms with Gasteiger partial charge in [-0.05, 0) is 25.5 Å². The minimum atomic E-state index is -0.142. The van der Waals surface area contributed by atoms with Crippen molar-refractivity contribution in [2.75, 3.05) is 0 Å². The summed E-state index contributed by atoms with van der Waals surface area (Å²) >= 11 is 0. The van der Waals surface area contributed by atoms with Gasteiger partial charge in [0, 0.05) is 18.3 Å². The molecule has 0 radical (unpaired) electrons. The Morgan fingerprint density at radius 2 is 2.31 bits per heavy atom.